The van der Waals surface area contributed by atoms with E-state index in [4.69, 9.17) is 15.0 Å². The molecule has 1 aliphatic rings. The Bertz CT molecular complexity index is 3090. The predicted octanol–water partition coefficient (Wildman–Crippen LogP) is 14.2. The summed E-state index contributed by atoms with van der Waals surface area (Å²) in [7, 11) is 0. The lowest BCUT2D eigenvalue weighted by Crippen LogP contribution is -2.28. The number of rotatable bonds is 8. The van der Waals surface area contributed by atoms with Gasteiger partial charge in [-0.15, -0.1) is 0 Å². The van der Waals surface area contributed by atoms with Gasteiger partial charge < -0.3 is 0 Å². The summed E-state index contributed by atoms with van der Waals surface area (Å²) in [6, 6.07) is 84.3. The van der Waals surface area contributed by atoms with Crippen LogP contribution >= 0.6 is 0 Å². The molecule has 11 rings (SSSR count). The average Bonchev–Trinajstić information content (AvgIpc) is 3.65. The molecular formula is C58H39N3. The minimum Gasteiger partial charge on any atom is -0.208 e. The summed E-state index contributed by atoms with van der Waals surface area (Å²) >= 11 is 0. The van der Waals surface area contributed by atoms with Crippen LogP contribution in [0.25, 0.3) is 78.7 Å². The Morgan fingerprint density at radius 1 is 0.230 bits per heavy atom. The number of hydrogen-bond acceptors (Lipinski definition) is 3. The number of aromatic nitrogens is 3. The Kier molecular flexibility index (Phi) is 9.05. The topological polar surface area (TPSA) is 38.7 Å². The minimum atomic E-state index is -0.616. The van der Waals surface area contributed by atoms with Crippen LogP contribution in [0.15, 0.2) is 237 Å². The van der Waals surface area contributed by atoms with Crippen molar-refractivity contribution in [1.29, 1.82) is 0 Å². The first-order valence-electron chi connectivity index (χ1n) is 20.8. The second-order valence-corrected chi connectivity index (χ2v) is 15.6. The van der Waals surface area contributed by atoms with E-state index >= 15 is 0 Å². The maximum Gasteiger partial charge on any atom is 0.164 e. The van der Waals surface area contributed by atoms with Crippen molar-refractivity contribution in [1.82, 2.24) is 15.0 Å². The fourth-order valence-corrected chi connectivity index (χ4v) is 9.09. The molecule has 0 saturated heterocycles. The zero-order valence-corrected chi connectivity index (χ0v) is 33.4. The van der Waals surface area contributed by atoms with E-state index in [2.05, 4.69) is 212 Å². The molecule has 0 saturated carbocycles. The molecule has 0 atom stereocenters. The predicted molar refractivity (Wildman–Crippen MR) is 250 cm³/mol. The molecule has 10 aromatic rings. The second-order valence-electron chi connectivity index (χ2n) is 15.6. The van der Waals surface area contributed by atoms with Gasteiger partial charge in [0.2, 0.25) is 0 Å². The van der Waals surface area contributed by atoms with E-state index in [9.17, 15) is 0 Å². The molecule has 1 aliphatic carbocycles. The van der Waals surface area contributed by atoms with Crippen molar-refractivity contribution < 1.29 is 0 Å². The van der Waals surface area contributed by atoms with Gasteiger partial charge in [0, 0.05) is 16.7 Å². The Labute approximate surface area is 356 Å². The van der Waals surface area contributed by atoms with Gasteiger partial charge in [-0.25, -0.2) is 15.0 Å². The zero-order chi connectivity index (χ0) is 40.6. The summed E-state index contributed by atoms with van der Waals surface area (Å²) in [6.45, 7) is 0. The van der Waals surface area contributed by atoms with Crippen molar-refractivity contribution in [2.24, 2.45) is 0 Å². The van der Waals surface area contributed by atoms with E-state index in [1.807, 2.05) is 24.3 Å². The lowest BCUT2D eigenvalue weighted by atomic mass is 9.67. The fraction of sp³-hybridized carbons (Fsp3) is 0.0172. The van der Waals surface area contributed by atoms with Crippen molar-refractivity contribution in [3.8, 4) is 78.7 Å². The highest BCUT2D eigenvalue weighted by atomic mass is 15.0. The first-order chi connectivity index (χ1) is 30.2. The van der Waals surface area contributed by atoms with Gasteiger partial charge in [0.15, 0.2) is 17.5 Å². The largest absolute Gasteiger partial charge is 0.208 e. The van der Waals surface area contributed by atoms with Gasteiger partial charge in [-0.05, 0) is 78.9 Å². The van der Waals surface area contributed by atoms with Gasteiger partial charge in [0.1, 0.15) is 0 Å². The van der Waals surface area contributed by atoms with Crippen molar-refractivity contribution >= 4 is 0 Å². The molecule has 3 nitrogen and oxygen atoms in total. The first kappa shape index (κ1) is 36.1. The molecule has 0 fully saturated rings. The summed E-state index contributed by atoms with van der Waals surface area (Å²) in [5, 5.41) is 0. The smallest absolute Gasteiger partial charge is 0.164 e. The van der Waals surface area contributed by atoms with Gasteiger partial charge in [-0.1, -0.05) is 224 Å². The van der Waals surface area contributed by atoms with Crippen LogP contribution in [-0.2, 0) is 5.41 Å². The van der Waals surface area contributed by atoms with E-state index in [0.29, 0.717) is 17.5 Å². The van der Waals surface area contributed by atoms with Crippen LogP contribution in [0.2, 0.25) is 0 Å². The highest BCUT2D eigenvalue weighted by Gasteiger charge is 2.46. The number of nitrogens with zero attached hydrogens (tertiary/aromatic N) is 3. The Morgan fingerprint density at radius 2 is 0.508 bits per heavy atom. The fourth-order valence-electron chi connectivity index (χ4n) is 9.09. The molecule has 0 spiro atoms. The number of fused-ring (bicyclic) bond motifs is 3. The highest BCUT2D eigenvalue weighted by Crippen LogP contribution is 2.57. The molecule has 0 bridgehead atoms. The molecule has 0 amide bonds. The first-order valence-corrected chi connectivity index (χ1v) is 20.8. The third-order valence-electron chi connectivity index (χ3n) is 12.1. The molecule has 0 radical (unpaired) electrons. The summed E-state index contributed by atoms with van der Waals surface area (Å²) in [5.41, 5.74) is 16.5. The van der Waals surface area contributed by atoms with Crippen LogP contribution in [0.1, 0.15) is 22.3 Å². The molecule has 3 heteroatoms. The number of benzene rings is 9. The third kappa shape index (κ3) is 6.44. The monoisotopic (exact) mass is 777 g/mol. The molecule has 1 heterocycles. The molecule has 0 unspecified atom stereocenters. The van der Waals surface area contributed by atoms with Crippen LogP contribution in [0.5, 0.6) is 0 Å². The van der Waals surface area contributed by atoms with Crippen molar-refractivity contribution in [2.75, 3.05) is 0 Å². The summed E-state index contributed by atoms with van der Waals surface area (Å²) in [5.74, 6) is 1.90. The molecular weight excluding hydrogens is 739 g/mol. The van der Waals surface area contributed by atoms with Crippen LogP contribution in [0.4, 0.5) is 0 Å². The highest BCUT2D eigenvalue weighted by molar-refractivity contribution is 5.90. The van der Waals surface area contributed by atoms with Crippen molar-refractivity contribution in [3.05, 3.63) is 259 Å². The van der Waals surface area contributed by atoms with E-state index in [1.54, 1.807) is 0 Å². The van der Waals surface area contributed by atoms with Crippen LogP contribution in [0.3, 0.4) is 0 Å². The SMILES string of the molecule is c1ccc(-c2ccc(-c3ccc4c(c3)C(c3ccccc3)(c3ccccc3)c3cc(-c5nc(-c6ccccc6)nc(-c6ccc(-c7ccccc7)cc6)n5)ccc3-4)cc2)cc1. The van der Waals surface area contributed by atoms with Crippen LogP contribution in [0, 0.1) is 0 Å². The zero-order valence-electron chi connectivity index (χ0n) is 33.4. The second kappa shape index (κ2) is 15.3. The molecule has 61 heavy (non-hydrogen) atoms. The van der Waals surface area contributed by atoms with Crippen molar-refractivity contribution in [2.45, 2.75) is 5.41 Å². The summed E-state index contributed by atoms with van der Waals surface area (Å²) < 4.78 is 0. The molecule has 1 aromatic heterocycles. The van der Waals surface area contributed by atoms with Gasteiger partial charge in [0.05, 0.1) is 5.41 Å². The Morgan fingerprint density at radius 3 is 0.951 bits per heavy atom. The van der Waals surface area contributed by atoms with Crippen LogP contribution < -0.4 is 0 Å². The third-order valence-corrected chi connectivity index (χ3v) is 12.1. The van der Waals surface area contributed by atoms with E-state index in [0.717, 1.165) is 22.3 Å². The molecule has 0 N–H and O–H groups in total. The van der Waals surface area contributed by atoms with E-state index < -0.39 is 5.41 Å². The van der Waals surface area contributed by atoms with E-state index in [1.165, 1.54) is 61.2 Å². The van der Waals surface area contributed by atoms with Crippen molar-refractivity contribution in [3.63, 3.8) is 0 Å². The molecule has 286 valence electrons. The molecule has 9 aromatic carbocycles. The van der Waals surface area contributed by atoms with Gasteiger partial charge >= 0.3 is 0 Å². The van der Waals surface area contributed by atoms with Gasteiger partial charge in [0.25, 0.3) is 0 Å². The lowest BCUT2D eigenvalue weighted by Gasteiger charge is -2.34. The minimum absolute atomic E-state index is 0.616. The van der Waals surface area contributed by atoms with Crippen LogP contribution in [-0.4, -0.2) is 15.0 Å². The molecule has 0 aliphatic heterocycles. The van der Waals surface area contributed by atoms with Gasteiger partial charge in [-0.2, -0.15) is 0 Å². The maximum atomic E-state index is 5.23. The lowest BCUT2D eigenvalue weighted by molar-refractivity contribution is 0.769. The summed E-state index contributed by atoms with van der Waals surface area (Å²) in [6.07, 6.45) is 0. The Balaban J connectivity index is 1.09. The van der Waals surface area contributed by atoms with Gasteiger partial charge in [-0.3, -0.25) is 0 Å². The summed E-state index contributed by atoms with van der Waals surface area (Å²) in [4.78, 5) is 15.5. The maximum absolute atomic E-state index is 5.23. The quantitative estimate of drug-likeness (QED) is 0.154. The normalized spacial score (nSPS) is 12.4. The average molecular weight is 778 g/mol. The number of hydrogen-bond donors (Lipinski definition) is 0. The standard InChI is InChI=1S/C58H39N3/c1-6-16-40(17-7-1)42-26-28-44(29-27-42)47-34-36-51-52-37-35-48(39-54(52)58(53(51)38-47,49-22-12-4-13-23-49)50-24-14-5-15-25-50)57-60-55(45-20-10-3-11-21-45)59-56(61-57)46-32-30-43(31-33-46)41-18-8-2-9-19-41/h1-39H. The Hall–Kier alpha value is -8.01. The van der Waals surface area contributed by atoms with E-state index in [-0.39, 0.29) is 0 Å².